The molecule has 2 aromatic rings. The maximum atomic E-state index is 13.0. The lowest BCUT2D eigenvalue weighted by Gasteiger charge is -2.27. The SMILES string of the molecule is C=CN=C(C)N=C1CC=C(c2ccc(-c3cncc(C)n3)cc2)C(=O)N1CC. The maximum absolute atomic E-state index is 13.0. The predicted molar refractivity (Wildman–Crippen MR) is 113 cm³/mol. The Labute approximate surface area is 165 Å². The van der Waals surface area contributed by atoms with Crippen molar-refractivity contribution < 1.29 is 4.79 Å². The number of benzene rings is 1. The van der Waals surface area contributed by atoms with Crippen molar-refractivity contribution in [3.05, 3.63) is 66.8 Å². The molecule has 3 rings (SSSR count). The van der Waals surface area contributed by atoms with Gasteiger partial charge in [-0.05, 0) is 26.3 Å². The second-order valence-corrected chi connectivity index (χ2v) is 6.38. The summed E-state index contributed by atoms with van der Waals surface area (Å²) in [6, 6.07) is 7.83. The molecular weight excluding hydrogens is 350 g/mol. The van der Waals surface area contributed by atoms with Crippen molar-refractivity contribution in [2.75, 3.05) is 6.54 Å². The molecule has 0 saturated heterocycles. The minimum atomic E-state index is -0.0537. The average Bonchev–Trinajstić information content (AvgIpc) is 2.69. The highest BCUT2D eigenvalue weighted by Gasteiger charge is 2.26. The topological polar surface area (TPSA) is 70.8 Å². The quantitative estimate of drug-likeness (QED) is 0.600. The minimum absolute atomic E-state index is 0.0537. The summed E-state index contributed by atoms with van der Waals surface area (Å²) < 4.78 is 0. The van der Waals surface area contributed by atoms with E-state index in [1.54, 1.807) is 24.2 Å². The Balaban J connectivity index is 1.89. The average molecular weight is 373 g/mol. The van der Waals surface area contributed by atoms with Crippen molar-refractivity contribution in [1.82, 2.24) is 14.9 Å². The van der Waals surface area contributed by atoms with E-state index in [-0.39, 0.29) is 5.91 Å². The largest absolute Gasteiger partial charge is 0.296 e. The molecule has 0 radical (unpaired) electrons. The Hall–Kier alpha value is -3.41. The zero-order valence-corrected chi connectivity index (χ0v) is 16.4. The summed E-state index contributed by atoms with van der Waals surface area (Å²) >= 11 is 0. The molecular formula is C22H23N5O. The summed E-state index contributed by atoms with van der Waals surface area (Å²) in [5.41, 5.74) is 4.21. The normalized spacial score (nSPS) is 16.3. The number of amidine groups is 2. The summed E-state index contributed by atoms with van der Waals surface area (Å²) in [5, 5.41) is 0. The van der Waals surface area contributed by atoms with E-state index < -0.39 is 0 Å². The smallest absolute Gasteiger partial charge is 0.259 e. The van der Waals surface area contributed by atoms with Crippen LogP contribution in [0.15, 0.2) is 65.5 Å². The summed E-state index contributed by atoms with van der Waals surface area (Å²) in [7, 11) is 0. The van der Waals surface area contributed by atoms with E-state index in [2.05, 4.69) is 26.5 Å². The fraction of sp³-hybridized carbons (Fsp3) is 0.227. The second-order valence-electron chi connectivity index (χ2n) is 6.38. The Morgan fingerprint density at radius 1 is 1.25 bits per heavy atom. The third-order valence-electron chi connectivity index (χ3n) is 4.41. The number of rotatable bonds is 4. The van der Waals surface area contributed by atoms with E-state index in [0.717, 1.165) is 22.5 Å². The first-order valence-corrected chi connectivity index (χ1v) is 9.17. The van der Waals surface area contributed by atoms with Gasteiger partial charge in [-0.2, -0.15) is 0 Å². The Bertz CT molecular complexity index is 986. The second kappa shape index (κ2) is 8.52. The molecule has 142 valence electrons. The van der Waals surface area contributed by atoms with Crippen LogP contribution in [0.2, 0.25) is 0 Å². The number of carbonyl (C=O) groups is 1. The number of hydrogen-bond acceptors (Lipinski definition) is 4. The highest BCUT2D eigenvalue weighted by Crippen LogP contribution is 2.26. The molecule has 6 nitrogen and oxygen atoms in total. The van der Waals surface area contributed by atoms with E-state index in [1.807, 2.05) is 44.2 Å². The summed E-state index contributed by atoms with van der Waals surface area (Å²) in [5.74, 6) is 1.23. The number of likely N-dealkylation sites (N-methyl/N-ethyl adjacent to an activating group) is 1. The number of amides is 1. The number of aromatic nitrogens is 2. The molecule has 0 saturated carbocycles. The number of nitrogens with zero attached hydrogens (tertiary/aromatic N) is 5. The molecule has 0 bridgehead atoms. The van der Waals surface area contributed by atoms with Gasteiger partial charge in [0.15, 0.2) is 0 Å². The molecule has 0 fully saturated rings. The standard InChI is InChI=1S/C22H23N5O/c1-5-24-16(4)26-21-12-11-19(22(28)27(21)6-2)17-7-9-18(10-8-17)20-14-23-13-15(3)25-20/h5,7-11,13-14H,1,6,12H2,2-4H3. The van der Waals surface area contributed by atoms with Crippen LogP contribution < -0.4 is 0 Å². The lowest BCUT2D eigenvalue weighted by Crippen LogP contribution is -2.40. The van der Waals surface area contributed by atoms with E-state index >= 15 is 0 Å². The van der Waals surface area contributed by atoms with Gasteiger partial charge in [-0.1, -0.05) is 36.9 Å². The third-order valence-corrected chi connectivity index (χ3v) is 4.41. The molecule has 0 N–H and O–H groups in total. The number of aliphatic imine (C=N–C) groups is 2. The van der Waals surface area contributed by atoms with Crippen LogP contribution in [-0.4, -0.2) is 39.0 Å². The zero-order valence-electron chi connectivity index (χ0n) is 16.4. The number of aryl methyl sites for hydroxylation is 1. The maximum Gasteiger partial charge on any atom is 0.259 e. The molecule has 1 aliphatic heterocycles. The van der Waals surface area contributed by atoms with Gasteiger partial charge in [0.05, 0.1) is 17.6 Å². The molecule has 0 spiro atoms. The Morgan fingerprint density at radius 3 is 2.61 bits per heavy atom. The first-order chi connectivity index (χ1) is 13.5. The van der Waals surface area contributed by atoms with E-state index in [9.17, 15) is 4.79 Å². The van der Waals surface area contributed by atoms with Crippen LogP contribution in [0.3, 0.4) is 0 Å². The predicted octanol–water partition coefficient (Wildman–Crippen LogP) is 4.05. The van der Waals surface area contributed by atoms with Crippen LogP contribution in [0, 0.1) is 6.92 Å². The highest BCUT2D eigenvalue weighted by molar-refractivity contribution is 6.27. The number of carbonyl (C=O) groups excluding carboxylic acids is 1. The molecule has 6 heteroatoms. The molecule has 1 amide bonds. The van der Waals surface area contributed by atoms with Gasteiger partial charge >= 0.3 is 0 Å². The van der Waals surface area contributed by atoms with Gasteiger partial charge in [-0.25, -0.2) is 15.0 Å². The van der Waals surface area contributed by atoms with Crippen LogP contribution in [-0.2, 0) is 4.79 Å². The van der Waals surface area contributed by atoms with Crippen LogP contribution >= 0.6 is 0 Å². The van der Waals surface area contributed by atoms with Gasteiger partial charge in [0.1, 0.15) is 11.7 Å². The van der Waals surface area contributed by atoms with Crippen LogP contribution in [0.1, 0.15) is 31.5 Å². The highest BCUT2D eigenvalue weighted by atomic mass is 16.2. The van der Waals surface area contributed by atoms with Gasteiger partial charge in [0, 0.05) is 36.5 Å². The van der Waals surface area contributed by atoms with Crippen LogP contribution in [0.5, 0.6) is 0 Å². The lowest BCUT2D eigenvalue weighted by atomic mass is 9.98. The van der Waals surface area contributed by atoms with Gasteiger partial charge in [0.25, 0.3) is 5.91 Å². The summed E-state index contributed by atoms with van der Waals surface area (Å²) in [6.07, 6.45) is 7.41. The molecule has 0 aliphatic carbocycles. The first-order valence-electron chi connectivity index (χ1n) is 9.17. The summed E-state index contributed by atoms with van der Waals surface area (Å²) in [4.78, 5) is 31.9. The van der Waals surface area contributed by atoms with Crippen molar-refractivity contribution in [2.45, 2.75) is 27.2 Å². The van der Waals surface area contributed by atoms with Crippen molar-refractivity contribution in [3.8, 4) is 11.3 Å². The van der Waals surface area contributed by atoms with Gasteiger partial charge in [-0.15, -0.1) is 0 Å². The van der Waals surface area contributed by atoms with Gasteiger partial charge < -0.3 is 0 Å². The van der Waals surface area contributed by atoms with E-state index in [1.165, 1.54) is 6.20 Å². The van der Waals surface area contributed by atoms with Crippen molar-refractivity contribution in [3.63, 3.8) is 0 Å². The van der Waals surface area contributed by atoms with E-state index in [0.29, 0.717) is 30.2 Å². The van der Waals surface area contributed by atoms with Crippen molar-refractivity contribution in [2.24, 2.45) is 9.98 Å². The molecule has 0 unspecified atom stereocenters. The van der Waals surface area contributed by atoms with Crippen LogP contribution in [0.25, 0.3) is 16.8 Å². The fourth-order valence-electron chi connectivity index (χ4n) is 3.10. The molecule has 1 aliphatic rings. The third kappa shape index (κ3) is 4.11. The van der Waals surface area contributed by atoms with Crippen LogP contribution in [0.4, 0.5) is 0 Å². The number of hydrogen-bond donors (Lipinski definition) is 0. The van der Waals surface area contributed by atoms with Gasteiger partial charge in [-0.3, -0.25) is 14.7 Å². The Morgan fingerprint density at radius 2 is 1.96 bits per heavy atom. The minimum Gasteiger partial charge on any atom is -0.296 e. The molecule has 1 aromatic heterocycles. The lowest BCUT2D eigenvalue weighted by molar-refractivity contribution is -0.121. The molecule has 1 aromatic carbocycles. The van der Waals surface area contributed by atoms with Crippen molar-refractivity contribution >= 4 is 23.2 Å². The van der Waals surface area contributed by atoms with E-state index in [4.69, 9.17) is 0 Å². The first kappa shape index (κ1) is 19.4. The zero-order chi connectivity index (χ0) is 20.1. The van der Waals surface area contributed by atoms with Gasteiger partial charge in [0.2, 0.25) is 0 Å². The molecule has 2 heterocycles. The summed E-state index contributed by atoms with van der Waals surface area (Å²) in [6.45, 7) is 9.77. The van der Waals surface area contributed by atoms with Crippen molar-refractivity contribution in [1.29, 1.82) is 0 Å². The molecule has 0 atom stereocenters. The molecule has 28 heavy (non-hydrogen) atoms. The monoisotopic (exact) mass is 373 g/mol. The Kier molecular flexibility index (Phi) is 5.89. The fourth-order valence-corrected chi connectivity index (χ4v) is 3.10.